The summed E-state index contributed by atoms with van der Waals surface area (Å²) in [5, 5.41) is 6.16. The van der Waals surface area contributed by atoms with Gasteiger partial charge in [-0.15, -0.1) is 0 Å². The standard InChI is InChI=1S/C20H28N6O2/c1-25(2)11-5-9-21-20-22-10-8-17(24-20)19(27)23-16-6-3-4-7-18(16)26-12-14-28-15-13-26/h3-4,6-8,10H,5,9,11-15H2,1-2H3,(H,23,27)(H,21,22,24). The van der Waals surface area contributed by atoms with Crippen LogP contribution in [0.2, 0.25) is 0 Å². The molecule has 0 saturated carbocycles. The molecule has 1 aromatic carbocycles. The highest BCUT2D eigenvalue weighted by Crippen LogP contribution is 2.26. The second-order valence-electron chi connectivity index (χ2n) is 6.92. The third-order valence-corrected chi connectivity index (χ3v) is 4.46. The number of nitrogens with zero attached hydrogens (tertiary/aromatic N) is 4. The lowest BCUT2D eigenvalue weighted by Gasteiger charge is -2.30. The van der Waals surface area contributed by atoms with Crippen LogP contribution in [0.5, 0.6) is 0 Å². The number of amides is 1. The fourth-order valence-electron chi connectivity index (χ4n) is 3.01. The van der Waals surface area contributed by atoms with Crippen molar-refractivity contribution in [3.05, 3.63) is 42.2 Å². The highest BCUT2D eigenvalue weighted by atomic mass is 16.5. The van der Waals surface area contributed by atoms with Crippen molar-refractivity contribution in [2.24, 2.45) is 0 Å². The molecule has 0 unspecified atom stereocenters. The van der Waals surface area contributed by atoms with Gasteiger partial charge >= 0.3 is 0 Å². The van der Waals surface area contributed by atoms with Crippen molar-refractivity contribution >= 4 is 23.2 Å². The Morgan fingerprint density at radius 3 is 2.79 bits per heavy atom. The van der Waals surface area contributed by atoms with Crippen molar-refractivity contribution in [3.8, 4) is 0 Å². The third-order valence-electron chi connectivity index (χ3n) is 4.46. The highest BCUT2D eigenvalue weighted by molar-refractivity contribution is 6.04. The Bertz CT molecular complexity index is 777. The molecule has 1 aromatic heterocycles. The lowest BCUT2D eigenvalue weighted by molar-refractivity contribution is 0.102. The molecule has 1 saturated heterocycles. The van der Waals surface area contributed by atoms with Gasteiger partial charge in [-0.2, -0.15) is 0 Å². The predicted octanol–water partition coefficient (Wildman–Crippen LogP) is 1.93. The molecule has 3 rings (SSSR count). The van der Waals surface area contributed by atoms with Crippen molar-refractivity contribution in [1.29, 1.82) is 0 Å². The van der Waals surface area contributed by atoms with E-state index in [0.29, 0.717) is 24.9 Å². The van der Waals surface area contributed by atoms with Gasteiger partial charge in [0.15, 0.2) is 0 Å². The fourth-order valence-corrected chi connectivity index (χ4v) is 3.01. The van der Waals surface area contributed by atoms with Crippen LogP contribution in [0.15, 0.2) is 36.5 Å². The summed E-state index contributed by atoms with van der Waals surface area (Å²) in [5.74, 6) is 0.215. The minimum atomic E-state index is -0.251. The number of hydrogen-bond acceptors (Lipinski definition) is 7. The Kier molecular flexibility index (Phi) is 7.16. The first-order chi connectivity index (χ1) is 13.6. The number of nitrogens with one attached hydrogen (secondary N) is 2. The summed E-state index contributed by atoms with van der Waals surface area (Å²) >= 11 is 0. The number of para-hydroxylation sites is 2. The Morgan fingerprint density at radius 2 is 2.00 bits per heavy atom. The Hall–Kier alpha value is -2.71. The Morgan fingerprint density at radius 1 is 1.21 bits per heavy atom. The molecule has 8 nitrogen and oxygen atoms in total. The maximum absolute atomic E-state index is 12.7. The van der Waals surface area contributed by atoms with Crippen LogP contribution in [0.25, 0.3) is 0 Å². The smallest absolute Gasteiger partial charge is 0.274 e. The summed E-state index contributed by atoms with van der Waals surface area (Å²) in [6.45, 7) is 4.73. The van der Waals surface area contributed by atoms with Crippen LogP contribution in [0.3, 0.4) is 0 Å². The zero-order valence-electron chi connectivity index (χ0n) is 16.5. The number of anilines is 3. The summed E-state index contributed by atoms with van der Waals surface area (Å²) in [4.78, 5) is 25.6. The highest BCUT2D eigenvalue weighted by Gasteiger charge is 2.17. The van der Waals surface area contributed by atoms with Gasteiger partial charge < -0.3 is 25.2 Å². The maximum Gasteiger partial charge on any atom is 0.274 e. The number of aromatic nitrogens is 2. The van der Waals surface area contributed by atoms with E-state index in [1.54, 1.807) is 12.3 Å². The van der Waals surface area contributed by atoms with Crippen molar-refractivity contribution in [3.63, 3.8) is 0 Å². The van der Waals surface area contributed by atoms with E-state index in [1.165, 1.54) is 0 Å². The van der Waals surface area contributed by atoms with E-state index in [0.717, 1.165) is 44.0 Å². The Labute approximate surface area is 165 Å². The van der Waals surface area contributed by atoms with Crippen LogP contribution in [0, 0.1) is 0 Å². The molecule has 1 aliphatic rings. The second-order valence-corrected chi connectivity index (χ2v) is 6.92. The van der Waals surface area contributed by atoms with Gasteiger partial charge in [-0.25, -0.2) is 9.97 Å². The molecule has 2 heterocycles. The van der Waals surface area contributed by atoms with E-state index in [2.05, 4.69) is 30.4 Å². The second kappa shape index (κ2) is 10.0. The third kappa shape index (κ3) is 5.64. The molecular formula is C20H28N6O2. The van der Waals surface area contributed by atoms with Crippen LogP contribution >= 0.6 is 0 Å². The van der Waals surface area contributed by atoms with Crippen LogP contribution < -0.4 is 15.5 Å². The van der Waals surface area contributed by atoms with E-state index < -0.39 is 0 Å². The lowest BCUT2D eigenvalue weighted by Crippen LogP contribution is -2.36. The van der Waals surface area contributed by atoms with Gasteiger partial charge in [0.2, 0.25) is 5.95 Å². The van der Waals surface area contributed by atoms with Gasteiger partial charge in [0.05, 0.1) is 24.6 Å². The largest absolute Gasteiger partial charge is 0.378 e. The molecule has 0 aliphatic carbocycles. The first-order valence-corrected chi connectivity index (χ1v) is 9.58. The van der Waals surface area contributed by atoms with Crippen molar-refractivity contribution in [2.45, 2.75) is 6.42 Å². The van der Waals surface area contributed by atoms with Gasteiger partial charge in [0.25, 0.3) is 5.91 Å². The minimum absolute atomic E-state index is 0.251. The van der Waals surface area contributed by atoms with Crippen LogP contribution in [0.1, 0.15) is 16.9 Å². The predicted molar refractivity (Wildman–Crippen MR) is 111 cm³/mol. The van der Waals surface area contributed by atoms with Crippen molar-refractivity contribution in [1.82, 2.24) is 14.9 Å². The van der Waals surface area contributed by atoms with Gasteiger partial charge in [0, 0.05) is 25.8 Å². The fraction of sp³-hybridized carbons (Fsp3) is 0.450. The molecule has 1 amide bonds. The zero-order chi connectivity index (χ0) is 19.8. The zero-order valence-corrected chi connectivity index (χ0v) is 16.5. The summed E-state index contributed by atoms with van der Waals surface area (Å²) in [7, 11) is 4.08. The number of carbonyl (C=O) groups excluding carboxylic acids is 1. The van der Waals surface area contributed by atoms with E-state index in [-0.39, 0.29) is 5.91 Å². The van der Waals surface area contributed by atoms with E-state index in [4.69, 9.17) is 4.74 Å². The average molecular weight is 384 g/mol. The SMILES string of the molecule is CN(C)CCCNc1nccc(C(=O)Nc2ccccc2N2CCOCC2)n1. The molecule has 2 N–H and O–H groups in total. The van der Waals surface area contributed by atoms with E-state index >= 15 is 0 Å². The Balaban J connectivity index is 1.64. The summed E-state index contributed by atoms with van der Waals surface area (Å²) < 4.78 is 5.42. The maximum atomic E-state index is 12.7. The van der Waals surface area contributed by atoms with Crippen LogP contribution in [0.4, 0.5) is 17.3 Å². The van der Waals surface area contributed by atoms with Crippen molar-refractivity contribution < 1.29 is 9.53 Å². The first-order valence-electron chi connectivity index (χ1n) is 9.58. The topological polar surface area (TPSA) is 82.6 Å². The van der Waals surface area contributed by atoms with Gasteiger partial charge in [-0.1, -0.05) is 12.1 Å². The molecule has 150 valence electrons. The lowest BCUT2D eigenvalue weighted by atomic mass is 10.2. The van der Waals surface area contributed by atoms with Crippen molar-refractivity contribution in [2.75, 3.05) is 69.0 Å². The molecule has 8 heteroatoms. The number of carbonyl (C=O) groups is 1. The number of benzene rings is 1. The molecule has 1 aliphatic heterocycles. The number of hydrogen-bond donors (Lipinski definition) is 2. The summed E-state index contributed by atoms with van der Waals surface area (Å²) in [5.41, 5.74) is 2.10. The molecule has 0 bridgehead atoms. The van der Waals surface area contributed by atoms with E-state index in [9.17, 15) is 4.79 Å². The quantitative estimate of drug-likeness (QED) is 0.673. The molecule has 0 atom stereocenters. The molecule has 1 fully saturated rings. The number of ether oxygens (including phenoxy) is 1. The first kappa shape index (κ1) is 20.0. The van der Waals surface area contributed by atoms with Gasteiger partial charge in [-0.3, -0.25) is 4.79 Å². The molecule has 28 heavy (non-hydrogen) atoms. The van der Waals surface area contributed by atoms with E-state index in [1.807, 2.05) is 38.4 Å². The summed E-state index contributed by atoms with van der Waals surface area (Å²) in [6.07, 6.45) is 2.57. The van der Waals surface area contributed by atoms with Gasteiger partial charge in [-0.05, 0) is 45.3 Å². The number of rotatable bonds is 8. The monoisotopic (exact) mass is 384 g/mol. The molecule has 2 aromatic rings. The average Bonchev–Trinajstić information content (AvgIpc) is 2.72. The summed E-state index contributed by atoms with van der Waals surface area (Å²) in [6, 6.07) is 9.43. The van der Waals surface area contributed by atoms with Crippen LogP contribution in [-0.4, -0.2) is 74.3 Å². The molecule has 0 radical (unpaired) electrons. The normalized spacial score (nSPS) is 14.2. The molecular weight excluding hydrogens is 356 g/mol. The molecule has 0 spiro atoms. The van der Waals surface area contributed by atoms with Crippen LogP contribution in [-0.2, 0) is 4.74 Å². The van der Waals surface area contributed by atoms with Gasteiger partial charge in [0.1, 0.15) is 5.69 Å². The number of morpholine rings is 1. The minimum Gasteiger partial charge on any atom is -0.378 e.